The summed E-state index contributed by atoms with van der Waals surface area (Å²) in [6.45, 7) is 3.99. The summed E-state index contributed by atoms with van der Waals surface area (Å²) in [6.07, 6.45) is -1.07. The van der Waals surface area contributed by atoms with E-state index in [1.165, 1.54) is 11.1 Å². The molecule has 0 saturated carbocycles. The van der Waals surface area contributed by atoms with Gasteiger partial charge in [-0.1, -0.05) is 0 Å². The summed E-state index contributed by atoms with van der Waals surface area (Å²) in [4.78, 5) is 0. The molecule has 5 heteroatoms. The van der Waals surface area contributed by atoms with E-state index >= 15 is 0 Å². The van der Waals surface area contributed by atoms with Crippen LogP contribution in [0.5, 0.6) is 0 Å². The van der Waals surface area contributed by atoms with Crippen LogP contribution in [0.15, 0.2) is 170 Å². The van der Waals surface area contributed by atoms with Crippen LogP contribution in [0.25, 0.3) is 22.3 Å². The molecule has 6 aromatic carbocycles. The van der Waals surface area contributed by atoms with Crippen LogP contribution in [0.4, 0.5) is 0 Å². The Labute approximate surface area is 295 Å². The van der Waals surface area contributed by atoms with E-state index in [2.05, 4.69) is 146 Å². The van der Waals surface area contributed by atoms with Crippen LogP contribution < -0.4 is 0 Å². The Morgan fingerprint density at radius 2 is 0.667 bits per heavy atom. The average molecular weight is 821 g/mol. The molecular formula is C43H36O4Tl. The third kappa shape index (κ3) is 5.46. The van der Waals surface area contributed by atoms with Crippen LogP contribution in [0.3, 0.4) is 0 Å². The number of rotatable bonds is 6. The van der Waals surface area contributed by atoms with Crippen LogP contribution in [0, 0.1) is 0 Å². The minimum atomic E-state index is -2.50. The number of fused-ring (bicyclic) bond motifs is 1. The van der Waals surface area contributed by atoms with Gasteiger partial charge in [0.05, 0.1) is 0 Å². The maximum absolute atomic E-state index is 7.29. The normalized spacial score (nSPS) is 24.5. The monoisotopic (exact) mass is 821 g/mol. The first-order valence-corrected chi connectivity index (χ1v) is 20.1. The Morgan fingerprint density at radius 3 is 1.02 bits per heavy atom. The zero-order chi connectivity index (χ0) is 32.6. The van der Waals surface area contributed by atoms with Gasteiger partial charge in [-0.05, 0) is 0 Å². The molecule has 235 valence electrons. The first kappa shape index (κ1) is 31.4. The zero-order valence-electron chi connectivity index (χ0n) is 27.0. The molecule has 6 aromatic rings. The molecule has 0 spiro atoms. The Bertz CT molecular complexity index is 1820. The van der Waals surface area contributed by atoms with E-state index in [9.17, 15) is 0 Å². The van der Waals surface area contributed by atoms with Crippen molar-refractivity contribution in [2.45, 2.75) is 43.0 Å². The van der Waals surface area contributed by atoms with Crippen LogP contribution in [-0.4, -0.2) is 43.1 Å². The number of hydrogen-bond donors (Lipinski definition) is 0. The summed E-state index contributed by atoms with van der Waals surface area (Å²) in [5, 5.41) is 0. The van der Waals surface area contributed by atoms with E-state index in [1.54, 1.807) is 0 Å². The predicted molar refractivity (Wildman–Crippen MR) is 190 cm³/mol. The molecule has 2 aliphatic rings. The van der Waals surface area contributed by atoms with Crippen molar-refractivity contribution in [3.63, 3.8) is 0 Å². The molecule has 2 aliphatic heterocycles. The standard InChI is InChI=1S/C43H36O4.Tl/c1-41(2)46-39(42(44,35-19-11-5-12-20-35)37-27-23-33(24-28-37)31-15-7-3-8-16-31)40(47-41)43(45,36-21-13-6-14-22-36)38-29-25-34(26-30-38)32-17-9-4-10-18-32;/h3-30,39-40H,1-2H3;/q-2;+2/t39-,40-,42?,43?;/m1./s1. The molecular weight excluding hydrogens is 785 g/mol. The third-order valence-electron chi connectivity index (χ3n) is 9.61. The van der Waals surface area contributed by atoms with Gasteiger partial charge in [0.25, 0.3) is 0 Å². The summed E-state index contributed by atoms with van der Waals surface area (Å²) >= 11 is -2.50. The molecule has 0 radical (unpaired) electrons. The first-order valence-electron chi connectivity index (χ1n) is 16.5. The zero-order valence-corrected chi connectivity index (χ0v) is 31.5. The average Bonchev–Trinajstić information content (AvgIpc) is 3.42. The van der Waals surface area contributed by atoms with Gasteiger partial charge in [-0.15, -0.1) is 0 Å². The Morgan fingerprint density at radius 1 is 0.375 bits per heavy atom. The summed E-state index contributed by atoms with van der Waals surface area (Å²) in [7, 11) is 0. The topological polar surface area (TPSA) is 36.9 Å². The Hall–Kier alpha value is -3.92. The van der Waals surface area contributed by atoms with Crippen molar-refractivity contribution in [3.05, 3.63) is 192 Å². The van der Waals surface area contributed by atoms with Gasteiger partial charge < -0.3 is 0 Å². The molecule has 2 fully saturated rings. The molecule has 0 N–H and O–H groups in total. The van der Waals surface area contributed by atoms with Gasteiger partial charge >= 0.3 is 297 Å². The van der Waals surface area contributed by atoms with E-state index in [0.717, 1.165) is 33.4 Å². The summed E-state index contributed by atoms with van der Waals surface area (Å²) in [5.74, 6) is -0.900. The van der Waals surface area contributed by atoms with E-state index in [-0.39, 0.29) is 0 Å². The Kier molecular flexibility index (Phi) is 8.39. The fourth-order valence-electron chi connectivity index (χ4n) is 7.38. The van der Waals surface area contributed by atoms with Crippen LogP contribution in [0.1, 0.15) is 36.1 Å². The van der Waals surface area contributed by atoms with E-state index in [0.29, 0.717) is 0 Å². The number of benzene rings is 6. The molecule has 2 saturated heterocycles. The maximum atomic E-state index is 7.29. The van der Waals surface area contributed by atoms with Gasteiger partial charge in [0.1, 0.15) is 0 Å². The molecule has 2 heterocycles. The minimum absolute atomic E-state index is 0.537. The molecule has 2 unspecified atom stereocenters. The molecule has 48 heavy (non-hydrogen) atoms. The van der Waals surface area contributed by atoms with Gasteiger partial charge in [-0.2, -0.15) is 0 Å². The van der Waals surface area contributed by atoms with Crippen molar-refractivity contribution in [2.75, 3.05) is 0 Å². The fourth-order valence-corrected chi connectivity index (χ4v) is 11.9. The van der Waals surface area contributed by atoms with Crippen LogP contribution >= 0.6 is 0 Å². The third-order valence-corrected chi connectivity index (χ3v) is 13.3. The quantitative estimate of drug-likeness (QED) is 0.157. The van der Waals surface area contributed by atoms with Gasteiger partial charge in [0.2, 0.25) is 0 Å². The first-order chi connectivity index (χ1) is 23.5. The molecule has 8 rings (SSSR count). The van der Waals surface area contributed by atoms with E-state index in [4.69, 9.17) is 14.8 Å². The second-order valence-corrected chi connectivity index (χ2v) is 15.5. The van der Waals surface area contributed by atoms with Crippen molar-refractivity contribution in [2.24, 2.45) is 0 Å². The van der Waals surface area contributed by atoms with E-state index in [1.807, 2.05) is 38.1 Å². The number of hydrogen-bond acceptors (Lipinski definition) is 4. The van der Waals surface area contributed by atoms with Crippen molar-refractivity contribution in [3.8, 4) is 22.3 Å². The van der Waals surface area contributed by atoms with Crippen LogP contribution in [-0.2, 0) is 26.1 Å². The van der Waals surface area contributed by atoms with Crippen molar-refractivity contribution in [1.82, 2.24) is 0 Å². The van der Waals surface area contributed by atoms with Gasteiger partial charge in [-0.3, -0.25) is 0 Å². The van der Waals surface area contributed by atoms with Crippen molar-refractivity contribution in [1.29, 1.82) is 0 Å². The summed E-state index contributed by atoms with van der Waals surface area (Å²) in [6, 6.07) is 59.4. The fraction of sp³-hybridized carbons (Fsp3) is 0.163. The van der Waals surface area contributed by atoms with Gasteiger partial charge in [0, 0.05) is 0 Å². The molecule has 0 aromatic heterocycles. The second kappa shape index (κ2) is 12.8. The molecule has 0 aliphatic carbocycles. The second-order valence-electron chi connectivity index (χ2n) is 12.9. The molecule has 0 bridgehead atoms. The predicted octanol–water partition coefficient (Wildman–Crippen LogP) is 9.31. The SMILES string of the molecule is CC1(C)O[C@@H]2[C@@H](O1)C(c1ccccc1)(c1ccc(-c3ccccc3)cc1)[O][Tl][O]C2(c1ccccc1)c1ccc(-c2ccccc2)cc1. The van der Waals surface area contributed by atoms with E-state index < -0.39 is 54.3 Å². The Balaban J connectivity index is 1.32. The summed E-state index contributed by atoms with van der Waals surface area (Å²) < 4.78 is 28.7. The molecule has 4 atom stereocenters. The summed E-state index contributed by atoms with van der Waals surface area (Å²) in [5.41, 5.74) is 6.82. The van der Waals surface area contributed by atoms with Gasteiger partial charge in [0.15, 0.2) is 0 Å². The van der Waals surface area contributed by atoms with Crippen molar-refractivity contribution >= 4 is 25.1 Å². The molecule has 4 nitrogen and oxygen atoms in total. The molecule has 0 amide bonds. The number of ether oxygens (including phenoxy) is 2. The van der Waals surface area contributed by atoms with Crippen molar-refractivity contribution < 1.29 is 14.8 Å². The van der Waals surface area contributed by atoms with Crippen LogP contribution in [0.2, 0.25) is 0 Å². The van der Waals surface area contributed by atoms with Gasteiger partial charge in [-0.25, -0.2) is 0 Å².